The van der Waals surface area contributed by atoms with Crippen LogP contribution in [0.1, 0.15) is 29.1 Å². The summed E-state index contributed by atoms with van der Waals surface area (Å²) in [6, 6.07) is 0.289. The molecule has 78 valence electrons. The van der Waals surface area contributed by atoms with Gasteiger partial charge in [-0.25, -0.2) is 4.98 Å². The number of aliphatic hydroxyl groups is 1. The molecule has 2 atom stereocenters. The van der Waals surface area contributed by atoms with Gasteiger partial charge in [-0.1, -0.05) is 0 Å². The zero-order chi connectivity index (χ0) is 9.97. The van der Waals surface area contributed by atoms with Gasteiger partial charge in [0.15, 0.2) is 0 Å². The Morgan fingerprint density at radius 2 is 2.50 bits per heavy atom. The summed E-state index contributed by atoms with van der Waals surface area (Å²) >= 11 is 1.72. The lowest BCUT2D eigenvalue weighted by molar-refractivity contribution is 0.149. The SMILES string of the molecule is Cc1ncc(CN[C@@H]2CCC[C@H]2O)s1. The molecule has 0 aromatic carbocycles. The fourth-order valence-electron chi connectivity index (χ4n) is 1.90. The Bertz CT molecular complexity index is 300. The number of aromatic nitrogens is 1. The highest BCUT2D eigenvalue weighted by Crippen LogP contribution is 2.20. The van der Waals surface area contributed by atoms with Crippen LogP contribution >= 0.6 is 11.3 Å². The first kappa shape index (κ1) is 10.1. The van der Waals surface area contributed by atoms with Gasteiger partial charge in [-0.05, 0) is 26.2 Å². The van der Waals surface area contributed by atoms with Crippen molar-refractivity contribution in [2.45, 2.75) is 44.9 Å². The predicted molar refractivity (Wildman–Crippen MR) is 57.3 cm³/mol. The van der Waals surface area contributed by atoms with E-state index in [-0.39, 0.29) is 12.1 Å². The maximum atomic E-state index is 9.60. The van der Waals surface area contributed by atoms with Crippen LogP contribution in [0.25, 0.3) is 0 Å². The van der Waals surface area contributed by atoms with Crippen LogP contribution in [0, 0.1) is 6.92 Å². The van der Waals surface area contributed by atoms with Crippen LogP contribution in [-0.2, 0) is 6.54 Å². The number of thiazole rings is 1. The highest BCUT2D eigenvalue weighted by Gasteiger charge is 2.24. The van der Waals surface area contributed by atoms with E-state index in [2.05, 4.69) is 10.3 Å². The molecule has 0 saturated heterocycles. The Labute approximate surface area is 88.2 Å². The van der Waals surface area contributed by atoms with Gasteiger partial charge in [0.1, 0.15) is 0 Å². The first-order valence-corrected chi connectivity index (χ1v) is 5.90. The van der Waals surface area contributed by atoms with Crippen molar-refractivity contribution in [1.29, 1.82) is 0 Å². The second-order valence-corrected chi connectivity index (χ2v) is 5.15. The molecule has 1 aromatic heterocycles. The first-order valence-electron chi connectivity index (χ1n) is 5.08. The van der Waals surface area contributed by atoms with Crippen LogP contribution in [0.2, 0.25) is 0 Å². The van der Waals surface area contributed by atoms with Gasteiger partial charge in [-0.3, -0.25) is 0 Å². The van der Waals surface area contributed by atoms with Crippen LogP contribution in [-0.4, -0.2) is 22.2 Å². The van der Waals surface area contributed by atoms with Crippen LogP contribution in [0.4, 0.5) is 0 Å². The second-order valence-electron chi connectivity index (χ2n) is 3.83. The van der Waals surface area contributed by atoms with Gasteiger partial charge in [-0.15, -0.1) is 11.3 Å². The molecule has 14 heavy (non-hydrogen) atoms. The second kappa shape index (κ2) is 4.38. The molecule has 1 aromatic rings. The fraction of sp³-hybridized carbons (Fsp3) is 0.700. The molecule has 2 rings (SSSR count). The smallest absolute Gasteiger partial charge is 0.0897 e. The van der Waals surface area contributed by atoms with Crippen molar-refractivity contribution in [1.82, 2.24) is 10.3 Å². The number of nitrogens with zero attached hydrogens (tertiary/aromatic N) is 1. The topological polar surface area (TPSA) is 45.2 Å². The summed E-state index contributed by atoms with van der Waals surface area (Å²) in [5, 5.41) is 14.1. The average Bonchev–Trinajstić information content (AvgIpc) is 2.72. The molecule has 4 heteroatoms. The van der Waals surface area contributed by atoms with E-state index in [1.807, 2.05) is 13.1 Å². The van der Waals surface area contributed by atoms with E-state index in [0.717, 1.165) is 30.8 Å². The Balaban J connectivity index is 1.82. The lowest BCUT2D eigenvalue weighted by Gasteiger charge is -2.15. The largest absolute Gasteiger partial charge is 0.392 e. The maximum absolute atomic E-state index is 9.60. The van der Waals surface area contributed by atoms with E-state index in [1.165, 1.54) is 4.88 Å². The standard InChI is InChI=1S/C10H16N2OS/c1-7-11-5-8(14-7)6-12-9-3-2-4-10(9)13/h5,9-10,12-13H,2-4,6H2,1H3/t9-,10-/m1/s1. The summed E-state index contributed by atoms with van der Waals surface area (Å²) in [6.07, 6.45) is 4.94. The number of aliphatic hydroxyl groups excluding tert-OH is 1. The fourth-order valence-corrected chi connectivity index (χ4v) is 2.64. The highest BCUT2D eigenvalue weighted by atomic mass is 32.1. The van der Waals surface area contributed by atoms with Crippen molar-refractivity contribution in [3.63, 3.8) is 0 Å². The van der Waals surface area contributed by atoms with Gasteiger partial charge < -0.3 is 10.4 Å². The first-order chi connectivity index (χ1) is 6.75. The van der Waals surface area contributed by atoms with E-state index in [4.69, 9.17) is 0 Å². The van der Waals surface area contributed by atoms with Crippen molar-refractivity contribution < 1.29 is 5.11 Å². The lowest BCUT2D eigenvalue weighted by atomic mass is 10.2. The highest BCUT2D eigenvalue weighted by molar-refractivity contribution is 7.11. The maximum Gasteiger partial charge on any atom is 0.0897 e. The molecule has 1 saturated carbocycles. The molecule has 0 radical (unpaired) electrons. The van der Waals surface area contributed by atoms with Crippen molar-refractivity contribution in [2.75, 3.05) is 0 Å². The Kier molecular flexibility index (Phi) is 3.15. The molecule has 0 amide bonds. The van der Waals surface area contributed by atoms with Crippen LogP contribution in [0.5, 0.6) is 0 Å². The summed E-state index contributed by atoms with van der Waals surface area (Å²) in [7, 11) is 0. The monoisotopic (exact) mass is 212 g/mol. The Hall–Kier alpha value is -0.450. The van der Waals surface area contributed by atoms with E-state index in [9.17, 15) is 5.11 Å². The zero-order valence-electron chi connectivity index (χ0n) is 8.36. The van der Waals surface area contributed by atoms with E-state index < -0.39 is 0 Å². The van der Waals surface area contributed by atoms with Gasteiger partial charge in [0.2, 0.25) is 0 Å². The normalized spacial score (nSPS) is 27.0. The number of aryl methyl sites for hydroxylation is 1. The number of nitrogens with one attached hydrogen (secondary N) is 1. The van der Waals surface area contributed by atoms with E-state index in [0.29, 0.717) is 0 Å². The van der Waals surface area contributed by atoms with Crippen molar-refractivity contribution in [3.05, 3.63) is 16.1 Å². The molecule has 0 spiro atoms. The van der Waals surface area contributed by atoms with Gasteiger partial charge in [-0.2, -0.15) is 0 Å². The Morgan fingerprint density at radius 1 is 1.64 bits per heavy atom. The summed E-state index contributed by atoms with van der Waals surface area (Å²) in [5.74, 6) is 0. The van der Waals surface area contributed by atoms with E-state index in [1.54, 1.807) is 11.3 Å². The summed E-state index contributed by atoms with van der Waals surface area (Å²) in [5.41, 5.74) is 0. The molecule has 0 bridgehead atoms. The summed E-state index contributed by atoms with van der Waals surface area (Å²) in [6.45, 7) is 2.85. The molecular formula is C10H16N2OS. The van der Waals surface area contributed by atoms with E-state index >= 15 is 0 Å². The van der Waals surface area contributed by atoms with Crippen LogP contribution < -0.4 is 5.32 Å². The molecule has 3 nitrogen and oxygen atoms in total. The molecule has 1 fully saturated rings. The molecular weight excluding hydrogens is 196 g/mol. The van der Waals surface area contributed by atoms with Crippen molar-refractivity contribution in [3.8, 4) is 0 Å². The molecule has 0 aliphatic heterocycles. The molecule has 1 heterocycles. The minimum atomic E-state index is -0.149. The van der Waals surface area contributed by atoms with Crippen LogP contribution in [0.15, 0.2) is 6.20 Å². The summed E-state index contributed by atoms with van der Waals surface area (Å²) < 4.78 is 0. The van der Waals surface area contributed by atoms with Crippen molar-refractivity contribution >= 4 is 11.3 Å². The van der Waals surface area contributed by atoms with Gasteiger partial charge in [0, 0.05) is 23.7 Å². The minimum Gasteiger partial charge on any atom is -0.392 e. The predicted octanol–water partition coefficient (Wildman–Crippen LogP) is 1.45. The van der Waals surface area contributed by atoms with Gasteiger partial charge in [0.25, 0.3) is 0 Å². The molecule has 2 N–H and O–H groups in total. The molecule has 0 unspecified atom stereocenters. The Morgan fingerprint density at radius 3 is 3.07 bits per heavy atom. The third-order valence-corrected chi connectivity index (χ3v) is 3.60. The number of rotatable bonds is 3. The third kappa shape index (κ3) is 2.32. The average molecular weight is 212 g/mol. The molecule has 1 aliphatic carbocycles. The third-order valence-electron chi connectivity index (χ3n) is 2.69. The van der Waals surface area contributed by atoms with Crippen LogP contribution in [0.3, 0.4) is 0 Å². The van der Waals surface area contributed by atoms with Gasteiger partial charge in [0.05, 0.1) is 11.1 Å². The zero-order valence-corrected chi connectivity index (χ0v) is 9.18. The molecule has 1 aliphatic rings. The number of hydrogen-bond acceptors (Lipinski definition) is 4. The lowest BCUT2D eigenvalue weighted by Crippen LogP contribution is -2.34. The van der Waals surface area contributed by atoms with Gasteiger partial charge >= 0.3 is 0 Å². The number of hydrogen-bond donors (Lipinski definition) is 2. The van der Waals surface area contributed by atoms with Crippen molar-refractivity contribution in [2.24, 2.45) is 0 Å². The minimum absolute atomic E-state index is 0.149. The summed E-state index contributed by atoms with van der Waals surface area (Å²) in [4.78, 5) is 5.45. The quantitative estimate of drug-likeness (QED) is 0.797.